The molecule has 0 spiro atoms. The van der Waals surface area contributed by atoms with Crippen LogP contribution in [-0.2, 0) is 9.53 Å². The number of carboxylic acids is 1. The molecule has 1 aromatic carbocycles. The number of nitrogens with one attached hydrogen (secondary N) is 1. The summed E-state index contributed by atoms with van der Waals surface area (Å²) in [7, 11) is 1.38. The molecule has 0 aliphatic rings. The number of anilines is 1. The minimum atomic E-state index is -1.01. The molecule has 21 heavy (non-hydrogen) atoms. The lowest BCUT2D eigenvalue weighted by molar-refractivity contribution is -0.139. The molecule has 0 saturated heterocycles. The molecule has 0 saturated carbocycles. The molecule has 1 rings (SSSR count). The fourth-order valence-electron chi connectivity index (χ4n) is 1.82. The molecule has 0 aliphatic heterocycles. The van der Waals surface area contributed by atoms with Crippen molar-refractivity contribution >= 4 is 17.7 Å². The van der Waals surface area contributed by atoms with Crippen LogP contribution < -0.4 is 10.2 Å². The van der Waals surface area contributed by atoms with Gasteiger partial charge in [0.15, 0.2) is 0 Å². The van der Waals surface area contributed by atoms with Crippen molar-refractivity contribution in [3.8, 4) is 0 Å². The van der Waals surface area contributed by atoms with Crippen LogP contribution in [0.15, 0.2) is 24.3 Å². The van der Waals surface area contributed by atoms with Gasteiger partial charge in [-0.3, -0.25) is 9.69 Å². The number of nitrogens with zero attached hydrogens (tertiary/aromatic N) is 1. The second-order valence-electron chi connectivity index (χ2n) is 4.37. The number of rotatable bonds is 7. The Balaban J connectivity index is 2.65. The van der Waals surface area contributed by atoms with Crippen molar-refractivity contribution in [3.63, 3.8) is 0 Å². The number of aliphatic carboxylic acids is 1. The van der Waals surface area contributed by atoms with Crippen molar-refractivity contribution in [2.75, 3.05) is 25.1 Å². The highest BCUT2D eigenvalue weighted by atomic mass is 19.1. The summed E-state index contributed by atoms with van der Waals surface area (Å²) in [6.45, 7) is 2.18. The third-order valence-electron chi connectivity index (χ3n) is 2.90. The molecule has 1 atom stereocenters. The number of hydrogen-bond donors (Lipinski definition) is 2. The van der Waals surface area contributed by atoms with Gasteiger partial charge in [0.05, 0.1) is 12.5 Å². The van der Waals surface area contributed by atoms with Gasteiger partial charge in [0.25, 0.3) is 0 Å². The minimum absolute atomic E-state index is 0.0629. The van der Waals surface area contributed by atoms with Gasteiger partial charge in [0.1, 0.15) is 5.82 Å². The van der Waals surface area contributed by atoms with E-state index in [0.29, 0.717) is 12.2 Å². The van der Waals surface area contributed by atoms with E-state index in [9.17, 15) is 14.0 Å². The zero-order valence-electron chi connectivity index (χ0n) is 12.0. The van der Waals surface area contributed by atoms with Crippen molar-refractivity contribution in [1.29, 1.82) is 0 Å². The Morgan fingerprint density at radius 1 is 1.48 bits per heavy atom. The fourth-order valence-corrected chi connectivity index (χ4v) is 1.82. The largest absolute Gasteiger partial charge is 0.481 e. The van der Waals surface area contributed by atoms with Crippen molar-refractivity contribution in [2.24, 2.45) is 0 Å². The summed E-state index contributed by atoms with van der Waals surface area (Å²) in [6.07, 6.45) is -0.819. The number of ether oxygens (including phenoxy) is 1. The van der Waals surface area contributed by atoms with E-state index in [-0.39, 0.29) is 13.0 Å². The van der Waals surface area contributed by atoms with Crippen LogP contribution >= 0.6 is 0 Å². The number of carbonyl (C=O) groups excluding carboxylic acids is 1. The summed E-state index contributed by atoms with van der Waals surface area (Å²) >= 11 is 0. The van der Waals surface area contributed by atoms with Gasteiger partial charge >= 0.3 is 12.0 Å². The molecular weight excluding hydrogens is 279 g/mol. The lowest BCUT2D eigenvalue weighted by Crippen LogP contribution is -2.43. The number of carboxylic acid groups (broad SMARTS) is 1. The van der Waals surface area contributed by atoms with Crippen molar-refractivity contribution < 1.29 is 23.8 Å². The highest BCUT2D eigenvalue weighted by molar-refractivity contribution is 5.91. The lowest BCUT2D eigenvalue weighted by Gasteiger charge is -2.23. The first kappa shape index (κ1) is 16.9. The Labute approximate surface area is 122 Å². The summed E-state index contributed by atoms with van der Waals surface area (Å²) < 4.78 is 18.2. The zero-order valence-corrected chi connectivity index (χ0v) is 12.0. The molecule has 6 nitrogen and oxygen atoms in total. The number of halogens is 1. The maximum atomic E-state index is 13.2. The fraction of sp³-hybridized carbons (Fsp3) is 0.429. The molecule has 7 heteroatoms. The Morgan fingerprint density at radius 2 is 2.19 bits per heavy atom. The molecule has 0 bridgehead atoms. The summed E-state index contributed by atoms with van der Waals surface area (Å²) in [6, 6.07) is 5.26. The molecule has 0 heterocycles. The van der Waals surface area contributed by atoms with E-state index in [4.69, 9.17) is 9.84 Å². The maximum Gasteiger partial charge on any atom is 0.321 e. The third-order valence-corrected chi connectivity index (χ3v) is 2.90. The Morgan fingerprint density at radius 3 is 2.71 bits per heavy atom. The van der Waals surface area contributed by atoms with Crippen LogP contribution in [0.3, 0.4) is 0 Å². The quantitative estimate of drug-likeness (QED) is 0.805. The van der Waals surface area contributed by atoms with Gasteiger partial charge in [-0.05, 0) is 25.1 Å². The SMILES string of the molecule is CCN(C(=O)NCC(CC(=O)O)OC)c1cccc(F)c1. The van der Waals surface area contributed by atoms with Crippen LogP contribution in [0.2, 0.25) is 0 Å². The molecule has 1 aromatic rings. The van der Waals surface area contributed by atoms with Gasteiger partial charge < -0.3 is 15.2 Å². The molecule has 2 N–H and O–H groups in total. The first-order valence-electron chi connectivity index (χ1n) is 6.53. The van der Waals surface area contributed by atoms with Crippen LogP contribution in [0.4, 0.5) is 14.9 Å². The predicted octanol–water partition coefficient (Wildman–Crippen LogP) is 1.85. The normalized spacial score (nSPS) is 11.8. The highest BCUT2D eigenvalue weighted by Crippen LogP contribution is 2.15. The van der Waals surface area contributed by atoms with E-state index in [0.717, 1.165) is 0 Å². The molecular formula is C14H19FN2O4. The van der Waals surface area contributed by atoms with Crippen molar-refractivity contribution in [2.45, 2.75) is 19.4 Å². The monoisotopic (exact) mass is 298 g/mol. The van der Waals surface area contributed by atoms with Crippen molar-refractivity contribution in [3.05, 3.63) is 30.1 Å². The molecule has 0 aromatic heterocycles. The Bertz CT molecular complexity index is 496. The van der Waals surface area contributed by atoms with Crippen LogP contribution in [0.1, 0.15) is 13.3 Å². The van der Waals surface area contributed by atoms with E-state index in [1.165, 1.54) is 30.2 Å². The number of carbonyl (C=O) groups is 2. The number of amides is 2. The smallest absolute Gasteiger partial charge is 0.321 e. The predicted molar refractivity (Wildman–Crippen MR) is 75.9 cm³/mol. The van der Waals surface area contributed by atoms with E-state index >= 15 is 0 Å². The van der Waals surface area contributed by atoms with Crippen LogP contribution in [0, 0.1) is 5.82 Å². The molecule has 1 unspecified atom stereocenters. The minimum Gasteiger partial charge on any atom is -0.481 e. The number of benzene rings is 1. The third kappa shape index (κ3) is 5.39. The zero-order chi connectivity index (χ0) is 15.8. The van der Waals surface area contributed by atoms with Gasteiger partial charge in [-0.25, -0.2) is 9.18 Å². The van der Waals surface area contributed by atoms with E-state index < -0.39 is 23.9 Å². The lowest BCUT2D eigenvalue weighted by atomic mass is 10.2. The first-order chi connectivity index (χ1) is 9.97. The van der Waals surface area contributed by atoms with Gasteiger partial charge in [-0.15, -0.1) is 0 Å². The second kappa shape index (κ2) is 8.21. The summed E-state index contributed by atoms with van der Waals surface area (Å²) in [5.74, 6) is -1.44. The van der Waals surface area contributed by atoms with Gasteiger partial charge in [-0.2, -0.15) is 0 Å². The number of urea groups is 1. The summed E-state index contributed by atoms with van der Waals surface area (Å²) in [5, 5.41) is 11.3. The molecule has 0 radical (unpaired) electrons. The Kier molecular flexibility index (Phi) is 6.61. The van der Waals surface area contributed by atoms with Crippen LogP contribution in [0.5, 0.6) is 0 Å². The average molecular weight is 298 g/mol. The van der Waals surface area contributed by atoms with Gasteiger partial charge in [-0.1, -0.05) is 6.07 Å². The molecule has 0 aliphatic carbocycles. The first-order valence-corrected chi connectivity index (χ1v) is 6.53. The highest BCUT2D eigenvalue weighted by Gasteiger charge is 2.17. The van der Waals surface area contributed by atoms with Crippen molar-refractivity contribution in [1.82, 2.24) is 5.32 Å². The second-order valence-corrected chi connectivity index (χ2v) is 4.37. The van der Waals surface area contributed by atoms with Gasteiger partial charge in [0.2, 0.25) is 0 Å². The van der Waals surface area contributed by atoms with Crippen LogP contribution in [0.25, 0.3) is 0 Å². The average Bonchev–Trinajstić information content (AvgIpc) is 2.44. The van der Waals surface area contributed by atoms with Gasteiger partial charge in [0, 0.05) is 25.9 Å². The number of methoxy groups -OCH3 is 1. The molecule has 2 amide bonds. The van der Waals surface area contributed by atoms with Crippen LogP contribution in [-0.4, -0.2) is 43.4 Å². The van der Waals surface area contributed by atoms with E-state index in [2.05, 4.69) is 5.32 Å². The molecule has 116 valence electrons. The standard InChI is InChI=1S/C14H19FN2O4/c1-3-17(11-6-4-5-10(15)7-11)14(20)16-9-12(21-2)8-13(18)19/h4-7,12H,3,8-9H2,1-2H3,(H,16,20)(H,18,19). The van der Waals surface area contributed by atoms with E-state index in [1.807, 2.05) is 0 Å². The molecule has 0 fully saturated rings. The van der Waals surface area contributed by atoms with E-state index in [1.54, 1.807) is 13.0 Å². The Hall–Kier alpha value is -2.15. The number of hydrogen-bond acceptors (Lipinski definition) is 3. The summed E-state index contributed by atoms with van der Waals surface area (Å²) in [5.41, 5.74) is 0.433. The topological polar surface area (TPSA) is 78.9 Å². The summed E-state index contributed by atoms with van der Waals surface area (Å²) in [4.78, 5) is 24.1. The maximum absolute atomic E-state index is 13.2.